The minimum absolute atomic E-state index is 0.291. The quantitative estimate of drug-likeness (QED) is 0.565. The maximum Gasteiger partial charge on any atom is 0.156 e. The number of aryl methyl sites for hydroxylation is 1. The van der Waals surface area contributed by atoms with Crippen molar-refractivity contribution in [3.05, 3.63) is 42.0 Å². The molecule has 0 amide bonds. The van der Waals surface area contributed by atoms with Crippen molar-refractivity contribution >= 4 is 27.9 Å². The van der Waals surface area contributed by atoms with Crippen LogP contribution in [0.15, 0.2) is 30.6 Å². The molecule has 0 fully saturated rings. The predicted molar refractivity (Wildman–Crippen MR) is 112 cm³/mol. The van der Waals surface area contributed by atoms with E-state index in [1.54, 1.807) is 12.4 Å². The van der Waals surface area contributed by atoms with Crippen LogP contribution in [0.25, 0.3) is 33.3 Å². The van der Waals surface area contributed by atoms with Gasteiger partial charge in [-0.3, -0.25) is 0 Å². The van der Waals surface area contributed by atoms with Crippen LogP contribution in [0.4, 0.5) is 10.2 Å². The van der Waals surface area contributed by atoms with Gasteiger partial charge in [0, 0.05) is 38.1 Å². The largest absolute Gasteiger partial charge is 0.371 e. The number of imidazole rings is 1. The van der Waals surface area contributed by atoms with Crippen LogP contribution in [0.2, 0.25) is 0 Å². The van der Waals surface area contributed by atoms with Gasteiger partial charge < -0.3 is 19.4 Å². The molecule has 8 heteroatoms. The van der Waals surface area contributed by atoms with Gasteiger partial charge in [0.2, 0.25) is 0 Å². The third kappa shape index (κ3) is 3.19. The molecule has 0 aliphatic heterocycles. The maximum absolute atomic E-state index is 14.2. The van der Waals surface area contributed by atoms with Crippen molar-refractivity contribution in [3.8, 4) is 17.3 Å². The summed E-state index contributed by atoms with van der Waals surface area (Å²) in [5.41, 5.74) is 4.31. The molecule has 0 radical (unpaired) electrons. The highest BCUT2D eigenvalue weighted by Crippen LogP contribution is 2.34. The molecule has 3 heterocycles. The van der Waals surface area contributed by atoms with Crippen LogP contribution in [0, 0.1) is 17.1 Å². The number of anilines is 1. The minimum atomic E-state index is -0.432. The van der Waals surface area contributed by atoms with E-state index in [1.807, 2.05) is 44.9 Å². The number of benzene rings is 1. The second-order valence-corrected chi connectivity index (χ2v) is 7.33. The standard InChI is InChI=1S/C21H22FN7/c1-24-20-18-19(28(4)12-25-18)16-10-17(14-7-13(11-23)8-15(22)9-14)29(21(16)26-20)6-5-27(2)3/h7-10,12H,5-6H2,1-4H3,(H,24,26). The highest BCUT2D eigenvalue weighted by molar-refractivity contribution is 6.07. The first-order valence-electron chi connectivity index (χ1n) is 9.30. The summed E-state index contributed by atoms with van der Waals surface area (Å²) in [6.07, 6.45) is 1.76. The molecule has 0 atom stereocenters. The van der Waals surface area contributed by atoms with Gasteiger partial charge in [-0.25, -0.2) is 14.4 Å². The SMILES string of the molecule is CNc1nc2c(cc(-c3cc(F)cc(C#N)c3)n2CCN(C)C)c2c1ncn2C. The number of halogens is 1. The second-order valence-electron chi connectivity index (χ2n) is 7.33. The van der Waals surface area contributed by atoms with Crippen molar-refractivity contribution in [2.75, 3.05) is 33.0 Å². The Morgan fingerprint density at radius 2 is 2.03 bits per heavy atom. The number of nitriles is 1. The number of rotatable bonds is 5. The first-order valence-corrected chi connectivity index (χ1v) is 9.30. The number of likely N-dealkylation sites (N-methyl/N-ethyl adjacent to an activating group) is 1. The van der Waals surface area contributed by atoms with Crippen molar-refractivity contribution in [3.63, 3.8) is 0 Å². The van der Waals surface area contributed by atoms with E-state index in [0.29, 0.717) is 23.5 Å². The fraction of sp³-hybridized carbons (Fsp3) is 0.286. The lowest BCUT2D eigenvalue weighted by molar-refractivity contribution is 0.387. The summed E-state index contributed by atoms with van der Waals surface area (Å²) < 4.78 is 18.2. The Hall–Kier alpha value is -3.44. The predicted octanol–water partition coefficient (Wildman–Crippen LogP) is 3.20. The van der Waals surface area contributed by atoms with E-state index in [1.165, 1.54) is 12.1 Å². The topological polar surface area (TPSA) is 74.7 Å². The molecule has 4 aromatic rings. The molecule has 0 aliphatic rings. The lowest BCUT2D eigenvalue weighted by Crippen LogP contribution is -2.19. The van der Waals surface area contributed by atoms with Crippen LogP contribution in [0.1, 0.15) is 5.56 Å². The smallest absolute Gasteiger partial charge is 0.156 e. The number of hydrogen-bond acceptors (Lipinski definition) is 5. The molecular formula is C21H22FN7. The van der Waals surface area contributed by atoms with Gasteiger partial charge in [-0.2, -0.15) is 5.26 Å². The number of hydrogen-bond donors (Lipinski definition) is 1. The Balaban J connectivity index is 2.07. The zero-order valence-corrected chi connectivity index (χ0v) is 16.9. The molecule has 1 N–H and O–H groups in total. The van der Waals surface area contributed by atoms with E-state index >= 15 is 0 Å². The van der Waals surface area contributed by atoms with Crippen LogP contribution < -0.4 is 5.32 Å². The van der Waals surface area contributed by atoms with Gasteiger partial charge in [0.25, 0.3) is 0 Å². The Kier molecular flexibility index (Phi) is 4.68. The number of aromatic nitrogens is 4. The van der Waals surface area contributed by atoms with E-state index in [9.17, 15) is 9.65 Å². The highest BCUT2D eigenvalue weighted by atomic mass is 19.1. The third-order valence-electron chi connectivity index (χ3n) is 5.03. The van der Waals surface area contributed by atoms with Crippen molar-refractivity contribution in [2.24, 2.45) is 7.05 Å². The monoisotopic (exact) mass is 391 g/mol. The van der Waals surface area contributed by atoms with Crippen LogP contribution in [0.5, 0.6) is 0 Å². The van der Waals surface area contributed by atoms with E-state index < -0.39 is 5.82 Å². The maximum atomic E-state index is 14.2. The summed E-state index contributed by atoms with van der Waals surface area (Å²) in [6.45, 7) is 1.46. The highest BCUT2D eigenvalue weighted by Gasteiger charge is 2.20. The lowest BCUT2D eigenvalue weighted by atomic mass is 10.1. The number of nitrogens with zero attached hydrogens (tertiary/aromatic N) is 6. The van der Waals surface area contributed by atoms with Gasteiger partial charge in [0.05, 0.1) is 29.2 Å². The van der Waals surface area contributed by atoms with Crippen molar-refractivity contribution in [1.82, 2.24) is 24.0 Å². The molecule has 3 aromatic heterocycles. The van der Waals surface area contributed by atoms with Crippen molar-refractivity contribution < 1.29 is 4.39 Å². The molecule has 4 rings (SSSR count). The Morgan fingerprint density at radius 1 is 1.24 bits per heavy atom. The van der Waals surface area contributed by atoms with Gasteiger partial charge in [0.1, 0.15) is 17.0 Å². The summed E-state index contributed by atoms with van der Waals surface area (Å²) in [5.74, 6) is 0.263. The minimum Gasteiger partial charge on any atom is -0.371 e. The van der Waals surface area contributed by atoms with Gasteiger partial charge in [0.15, 0.2) is 5.82 Å². The average Bonchev–Trinajstić information content (AvgIpc) is 3.25. The van der Waals surface area contributed by atoms with Crippen LogP contribution in [-0.2, 0) is 13.6 Å². The van der Waals surface area contributed by atoms with Crippen LogP contribution >= 0.6 is 0 Å². The van der Waals surface area contributed by atoms with E-state index in [-0.39, 0.29) is 0 Å². The molecule has 0 bridgehead atoms. The normalized spacial score (nSPS) is 11.5. The zero-order chi connectivity index (χ0) is 20.7. The molecule has 148 valence electrons. The van der Waals surface area contributed by atoms with Crippen LogP contribution in [0.3, 0.4) is 0 Å². The van der Waals surface area contributed by atoms with E-state index in [4.69, 9.17) is 4.98 Å². The Labute approximate surface area is 168 Å². The first kappa shape index (κ1) is 18.9. The lowest BCUT2D eigenvalue weighted by Gasteiger charge is -2.15. The zero-order valence-electron chi connectivity index (χ0n) is 16.9. The summed E-state index contributed by atoms with van der Waals surface area (Å²) >= 11 is 0. The molecule has 1 aromatic carbocycles. The van der Waals surface area contributed by atoms with Gasteiger partial charge in [-0.15, -0.1) is 0 Å². The summed E-state index contributed by atoms with van der Waals surface area (Å²) in [7, 11) is 7.78. The molecule has 7 nitrogen and oxygen atoms in total. The molecule has 0 aliphatic carbocycles. The van der Waals surface area contributed by atoms with Gasteiger partial charge in [-0.05, 0) is 38.4 Å². The number of nitrogens with one attached hydrogen (secondary N) is 1. The summed E-state index contributed by atoms with van der Waals surface area (Å²) in [4.78, 5) is 11.4. The Bertz CT molecular complexity index is 1260. The Morgan fingerprint density at radius 3 is 2.72 bits per heavy atom. The molecule has 0 saturated carbocycles. The van der Waals surface area contributed by atoms with Crippen molar-refractivity contribution in [2.45, 2.75) is 6.54 Å². The average molecular weight is 391 g/mol. The van der Waals surface area contributed by atoms with E-state index in [0.717, 1.165) is 34.3 Å². The third-order valence-corrected chi connectivity index (χ3v) is 5.03. The van der Waals surface area contributed by atoms with Crippen LogP contribution in [-0.4, -0.2) is 51.7 Å². The first-order chi connectivity index (χ1) is 13.9. The molecular weight excluding hydrogens is 369 g/mol. The summed E-state index contributed by atoms with van der Waals surface area (Å²) in [6, 6.07) is 8.46. The van der Waals surface area contributed by atoms with E-state index in [2.05, 4.69) is 19.8 Å². The molecule has 0 unspecified atom stereocenters. The second kappa shape index (κ2) is 7.18. The van der Waals surface area contributed by atoms with Gasteiger partial charge in [-0.1, -0.05) is 0 Å². The molecule has 29 heavy (non-hydrogen) atoms. The fourth-order valence-corrected chi connectivity index (χ4v) is 3.66. The van der Waals surface area contributed by atoms with Gasteiger partial charge >= 0.3 is 0 Å². The van der Waals surface area contributed by atoms with Crippen molar-refractivity contribution in [1.29, 1.82) is 5.26 Å². The summed E-state index contributed by atoms with van der Waals surface area (Å²) in [5, 5.41) is 13.3. The number of fused-ring (bicyclic) bond motifs is 3. The molecule has 0 spiro atoms. The molecule has 0 saturated heterocycles. The number of pyridine rings is 1. The fourth-order valence-electron chi connectivity index (χ4n) is 3.66.